The molecule has 2 N–H and O–H groups in total. The molecule has 0 amide bonds. The summed E-state index contributed by atoms with van der Waals surface area (Å²) in [6, 6.07) is 6.73. The van der Waals surface area contributed by atoms with E-state index < -0.39 is 5.82 Å². The van der Waals surface area contributed by atoms with Crippen molar-refractivity contribution in [1.82, 2.24) is 0 Å². The maximum atomic E-state index is 13.0. The number of anilines is 1. The molecule has 2 aromatic rings. The van der Waals surface area contributed by atoms with E-state index in [0.29, 0.717) is 5.69 Å². The Balaban J connectivity index is 2.33. The third-order valence-electron chi connectivity index (χ3n) is 1.76. The molecule has 0 unspecified atom stereocenters. The van der Waals surface area contributed by atoms with Crippen LogP contribution in [0.4, 0.5) is 10.1 Å². The molecule has 1 heterocycles. The van der Waals surface area contributed by atoms with Crippen molar-refractivity contribution in [2.45, 2.75) is 9.10 Å². The van der Waals surface area contributed by atoms with Gasteiger partial charge in [-0.2, -0.15) is 0 Å². The smallest absolute Gasteiger partial charge is 0.143 e. The molecule has 0 bridgehead atoms. The van der Waals surface area contributed by atoms with Crippen LogP contribution in [0.1, 0.15) is 0 Å². The van der Waals surface area contributed by atoms with Crippen molar-refractivity contribution < 1.29 is 4.39 Å². The van der Waals surface area contributed by atoms with E-state index >= 15 is 0 Å². The van der Waals surface area contributed by atoms with Gasteiger partial charge in [0.25, 0.3) is 0 Å². The minimum atomic E-state index is -0.482. The Kier molecular flexibility index (Phi) is 3.19. The molecule has 0 aliphatic heterocycles. The topological polar surface area (TPSA) is 26.0 Å². The van der Waals surface area contributed by atoms with Gasteiger partial charge in [0.15, 0.2) is 0 Å². The quantitative estimate of drug-likeness (QED) is 0.815. The fraction of sp³-hybridized carbons (Fsp3) is 0. The Bertz CT molecular complexity index is 471. The van der Waals surface area contributed by atoms with E-state index in [0.717, 1.165) is 9.10 Å². The first-order valence-corrected chi connectivity index (χ1v) is 6.20. The Morgan fingerprint density at radius 2 is 2.20 bits per heavy atom. The van der Waals surface area contributed by atoms with Crippen LogP contribution in [0.3, 0.4) is 0 Å². The van der Waals surface area contributed by atoms with E-state index in [2.05, 4.69) is 0 Å². The predicted octanol–water partition coefficient (Wildman–Crippen LogP) is 4.27. The fourth-order valence-corrected chi connectivity index (χ4v) is 3.08. The fourth-order valence-electron chi connectivity index (χ4n) is 1.06. The van der Waals surface area contributed by atoms with Crippen LogP contribution in [0.5, 0.6) is 0 Å². The summed E-state index contributed by atoms with van der Waals surface area (Å²) in [6.07, 6.45) is 0. The highest BCUT2D eigenvalue weighted by Gasteiger charge is 2.08. The van der Waals surface area contributed by atoms with Crippen molar-refractivity contribution in [3.63, 3.8) is 0 Å². The Morgan fingerprint density at radius 1 is 1.40 bits per heavy atom. The van der Waals surface area contributed by atoms with Gasteiger partial charge in [-0.25, -0.2) is 4.39 Å². The van der Waals surface area contributed by atoms with Gasteiger partial charge in [-0.3, -0.25) is 0 Å². The minimum absolute atomic E-state index is 0.100. The second-order valence-electron chi connectivity index (χ2n) is 2.84. The molecular formula is C10H7ClFNS2. The number of benzene rings is 1. The van der Waals surface area contributed by atoms with Crippen LogP contribution in [0.15, 0.2) is 38.8 Å². The highest BCUT2D eigenvalue weighted by atomic mass is 35.5. The van der Waals surface area contributed by atoms with Crippen molar-refractivity contribution in [2.75, 3.05) is 5.73 Å². The summed E-state index contributed by atoms with van der Waals surface area (Å²) in [5.41, 5.74) is 6.10. The van der Waals surface area contributed by atoms with Crippen molar-refractivity contribution in [3.8, 4) is 0 Å². The predicted molar refractivity (Wildman–Crippen MR) is 64.3 cm³/mol. The van der Waals surface area contributed by atoms with Crippen LogP contribution in [-0.2, 0) is 0 Å². The molecule has 78 valence electrons. The number of halogens is 2. The lowest BCUT2D eigenvalue weighted by atomic mass is 10.3. The molecular weight excluding hydrogens is 253 g/mol. The molecule has 0 fully saturated rings. The average Bonchev–Trinajstić information content (AvgIpc) is 2.67. The number of hydrogen-bond donors (Lipinski definition) is 1. The van der Waals surface area contributed by atoms with Crippen molar-refractivity contribution in [3.05, 3.63) is 40.5 Å². The molecule has 0 atom stereocenters. The molecule has 0 radical (unpaired) electrons. The summed E-state index contributed by atoms with van der Waals surface area (Å²) in [7, 11) is 0. The third kappa shape index (κ3) is 2.45. The van der Waals surface area contributed by atoms with Gasteiger partial charge < -0.3 is 5.73 Å². The SMILES string of the molecule is Nc1cc(F)c(Cl)cc1Sc1cccs1. The molecule has 15 heavy (non-hydrogen) atoms. The molecule has 1 nitrogen and oxygen atoms in total. The second-order valence-corrected chi connectivity index (χ2v) is 5.54. The number of nitrogen functional groups attached to an aromatic ring is 1. The van der Waals surface area contributed by atoms with Crippen LogP contribution in [0.25, 0.3) is 0 Å². The zero-order chi connectivity index (χ0) is 10.8. The zero-order valence-corrected chi connectivity index (χ0v) is 9.93. The van der Waals surface area contributed by atoms with Gasteiger partial charge in [-0.05, 0) is 23.6 Å². The summed E-state index contributed by atoms with van der Waals surface area (Å²) >= 11 is 8.78. The molecule has 1 aromatic carbocycles. The maximum absolute atomic E-state index is 13.0. The van der Waals surface area contributed by atoms with Gasteiger partial charge in [0.2, 0.25) is 0 Å². The van der Waals surface area contributed by atoms with E-state index in [9.17, 15) is 4.39 Å². The highest BCUT2D eigenvalue weighted by molar-refractivity contribution is 8.01. The van der Waals surface area contributed by atoms with E-state index in [1.54, 1.807) is 17.4 Å². The van der Waals surface area contributed by atoms with Gasteiger partial charge in [0, 0.05) is 10.6 Å². The van der Waals surface area contributed by atoms with Crippen LogP contribution in [-0.4, -0.2) is 0 Å². The Hall–Kier alpha value is -0.710. The largest absolute Gasteiger partial charge is 0.398 e. The molecule has 5 heteroatoms. The average molecular weight is 260 g/mol. The number of rotatable bonds is 2. The first kappa shape index (κ1) is 10.8. The molecule has 0 spiro atoms. The van der Waals surface area contributed by atoms with Crippen LogP contribution in [0, 0.1) is 5.82 Å². The molecule has 0 saturated carbocycles. The second kappa shape index (κ2) is 4.43. The Labute approximate surface area is 100 Å². The lowest BCUT2D eigenvalue weighted by molar-refractivity contribution is 0.628. The van der Waals surface area contributed by atoms with Crippen molar-refractivity contribution in [2.24, 2.45) is 0 Å². The van der Waals surface area contributed by atoms with Crippen molar-refractivity contribution in [1.29, 1.82) is 0 Å². The van der Waals surface area contributed by atoms with Crippen molar-refractivity contribution >= 4 is 40.4 Å². The molecule has 1 aromatic heterocycles. The normalized spacial score (nSPS) is 10.5. The van der Waals surface area contributed by atoms with E-state index in [1.165, 1.54) is 17.8 Å². The van der Waals surface area contributed by atoms with E-state index in [-0.39, 0.29) is 5.02 Å². The summed E-state index contributed by atoms with van der Waals surface area (Å²) in [5, 5.41) is 2.08. The van der Waals surface area contributed by atoms with Gasteiger partial charge in [0.05, 0.1) is 9.23 Å². The minimum Gasteiger partial charge on any atom is -0.398 e. The number of nitrogens with two attached hydrogens (primary N) is 1. The highest BCUT2D eigenvalue weighted by Crippen LogP contribution is 2.37. The lowest BCUT2D eigenvalue weighted by Gasteiger charge is -2.04. The molecule has 0 aliphatic rings. The van der Waals surface area contributed by atoms with Crippen LogP contribution in [0.2, 0.25) is 5.02 Å². The first-order chi connectivity index (χ1) is 7.16. The summed E-state index contributed by atoms with van der Waals surface area (Å²) in [6.45, 7) is 0. The van der Waals surface area contributed by atoms with Gasteiger partial charge >= 0.3 is 0 Å². The zero-order valence-electron chi connectivity index (χ0n) is 7.54. The summed E-state index contributed by atoms with van der Waals surface area (Å²) < 4.78 is 14.1. The summed E-state index contributed by atoms with van der Waals surface area (Å²) in [4.78, 5) is 0.781. The lowest BCUT2D eigenvalue weighted by Crippen LogP contribution is -1.90. The Morgan fingerprint density at radius 3 is 2.87 bits per heavy atom. The maximum Gasteiger partial charge on any atom is 0.143 e. The van der Waals surface area contributed by atoms with Gasteiger partial charge in [-0.15, -0.1) is 11.3 Å². The molecule has 2 rings (SSSR count). The molecule has 0 saturated heterocycles. The standard InChI is InChI=1S/C10H7ClFNS2/c11-6-4-9(8(13)5-7(6)12)15-10-2-1-3-14-10/h1-5H,13H2. The van der Waals surface area contributed by atoms with Gasteiger partial charge in [-0.1, -0.05) is 29.4 Å². The third-order valence-corrected chi connectivity index (χ3v) is 4.16. The van der Waals surface area contributed by atoms with Crippen LogP contribution < -0.4 is 5.73 Å². The van der Waals surface area contributed by atoms with E-state index in [4.69, 9.17) is 17.3 Å². The molecule has 0 aliphatic carbocycles. The number of hydrogen-bond acceptors (Lipinski definition) is 3. The first-order valence-electron chi connectivity index (χ1n) is 4.12. The van der Waals surface area contributed by atoms with E-state index in [1.807, 2.05) is 17.5 Å². The van der Waals surface area contributed by atoms with Gasteiger partial charge in [0.1, 0.15) is 5.82 Å². The monoisotopic (exact) mass is 259 g/mol. The number of thiophene rings is 1. The van der Waals surface area contributed by atoms with Crippen LogP contribution >= 0.6 is 34.7 Å². The summed E-state index contributed by atoms with van der Waals surface area (Å²) in [5.74, 6) is -0.482.